The minimum absolute atomic E-state index is 0.00421. The summed E-state index contributed by atoms with van der Waals surface area (Å²) in [5, 5.41) is 16.1. The number of sulfonamides is 1. The van der Waals surface area contributed by atoms with Crippen molar-refractivity contribution < 1.29 is 26.9 Å². The highest BCUT2D eigenvalue weighted by Crippen LogP contribution is 2.31. The lowest BCUT2D eigenvalue weighted by molar-refractivity contribution is -0.402. The number of thiazole rings is 1. The molecule has 0 spiro atoms. The lowest BCUT2D eigenvalue weighted by Crippen LogP contribution is -2.27. The van der Waals surface area contributed by atoms with Crippen LogP contribution in [0.15, 0.2) is 99.3 Å². The molecular formula is C27H20FN5O6S2. The summed E-state index contributed by atoms with van der Waals surface area (Å²) in [5.41, 5.74) is 1.33. The maximum atomic E-state index is 13.8. The number of nitro groups is 1. The number of hydrazone groups is 1. The Morgan fingerprint density at radius 1 is 1.10 bits per heavy atom. The van der Waals surface area contributed by atoms with Gasteiger partial charge in [-0.2, -0.15) is 14.4 Å². The van der Waals surface area contributed by atoms with Crippen molar-refractivity contribution >= 4 is 54.7 Å². The Kier molecular flexibility index (Phi) is 7.70. The van der Waals surface area contributed by atoms with E-state index in [0.29, 0.717) is 10.2 Å². The standard InChI is InChI=1S/C27H20FN5O6S2/c1-31(17-18-5-3-2-4-6-18)41(37,38)22-11-7-19(8-12-22)26(34)32(29-16-21-10-14-25(39-21)33(35)36)27-30-23-13-9-20(28)15-24(23)40-27/h2-16H,17H2,1H3/b29-16+. The first-order valence-electron chi connectivity index (χ1n) is 11.9. The second-order valence-corrected chi connectivity index (χ2v) is 11.7. The number of fused-ring (bicyclic) bond motifs is 1. The summed E-state index contributed by atoms with van der Waals surface area (Å²) in [6.45, 7) is 0.162. The molecule has 0 fully saturated rings. The number of halogens is 1. The van der Waals surface area contributed by atoms with Crippen LogP contribution < -0.4 is 5.01 Å². The summed E-state index contributed by atoms with van der Waals surface area (Å²) >= 11 is 0.999. The molecule has 0 radical (unpaired) electrons. The largest absolute Gasteiger partial charge is 0.433 e. The maximum absolute atomic E-state index is 13.8. The highest BCUT2D eigenvalue weighted by Gasteiger charge is 2.25. The Morgan fingerprint density at radius 2 is 1.83 bits per heavy atom. The smallest absolute Gasteiger partial charge is 0.400 e. The van der Waals surface area contributed by atoms with Crippen LogP contribution in [0.2, 0.25) is 0 Å². The zero-order valence-electron chi connectivity index (χ0n) is 21.2. The number of furan rings is 1. The van der Waals surface area contributed by atoms with Crippen molar-refractivity contribution in [3.05, 3.63) is 118 Å². The first-order chi connectivity index (χ1) is 19.6. The molecule has 5 rings (SSSR count). The summed E-state index contributed by atoms with van der Waals surface area (Å²) in [6.07, 6.45) is 1.11. The molecule has 0 N–H and O–H groups in total. The van der Waals surface area contributed by atoms with Gasteiger partial charge in [-0.25, -0.2) is 17.8 Å². The van der Waals surface area contributed by atoms with Crippen LogP contribution in [-0.2, 0) is 16.6 Å². The van der Waals surface area contributed by atoms with Gasteiger partial charge in [0.05, 0.1) is 27.4 Å². The molecule has 0 saturated heterocycles. The number of carbonyl (C=O) groups excluding carboxylic acids is 1. The van der Waals surface area contributed by atoms with Gasteiger partial charge in [-0.1, -0.05) is 41.7 Å². The molecule has 2 heterocycles. The van der Waals surface area contributed by atoms with E-state index in [9.17, 15) is 27.7 Å². The molecule has 41 heavy (non-hydrogen) atoms. The number of benzene rings is 3. The number of hydrogen-bond acceptors (Lipinski definition) is 9. The monoisotopic (exact) mass is 593 g/mol. The van der Waals surface area contributed by atoms with Crippen molar-refractivity contribution in [3.63, 3.8) is 0 Å². The Balaban J connectivity index is 1.44. The molecule has 3 aromatic carbocycles. The summed E-state index contributed by atoms with van der Waals surface area (Å²) in [5.74, 6) is -1.66. The minimum atomic E-state index is -3.86. The molecule has 0 aliphatic carbocycles. The van der Waals surface area contributed by atoms with Gasteiger partial charge in [0.1, 0.15) is 10.7 Å². The van der Waals surface area contributed by atoms with Crippen molar-refractivity contribution in [3.8, 4) is 0 Å². The molecule has 0 atom stereocenters. The molecule has 11 nitrogen and oxygen atoms in total. The third-order valence-electron chi connectivity index (χ3n) is 5.86. The van der Waals surface area contributed by atoms with Crippen molar-refractivity contribution in [2.75, 3.05) is 12.1 Å². The average Bonchev–Trinajstić information content (AvgIpc) is 3.61. The van der Waals surface area contributed by atoms with Gasteiger partial charge in [-0.05, 0) is 54.1 Å². The van der Waals surface area contributed by atoms with Crippen LogP contribution >= 0.6 is 11.3 Å². The SMILES string of the molecule is CN(Cc1ccccc1)S(=O)(=O)c1ccc(C(=O)N(/N=C/c2ccc([N+](=O)[O-])o2)c2nc3ccc(F)cc3s2)cc1. The molecule has 0 aliphatic heterocycles. The molecule has 5 aromatic rings. The third kappa shape index (κ3) is 6.04. The maximum Gasteiger partial charge on any atom is 0.433 e. The molecule has 2 aromatic heterocycles. The number of nitrogens with zero attached hydrogens (tertiary/aromatic N) is 5. The van der Waals surface area contributed by atoms with E-state index in [-0.39, 0.29) is 27.9 Å². The molecular weight excluding hydrogens is 573 g/mol. The lowest BCUT2D eigenvalue weighted by Gasteiger charge is -2.18. The quantitative estimate of drug-likeness (QED) is 0.126. The van der Waals surface area contributed by atoms with E-state index in [4.69, 9.17) is 4.42 Å². The number of amides is 1. The minimum Gasteiger partial charge on any atom is -0.400 e. The fraction of sp³-hybridized carbons (Fsp3) is 0.0741. The predicted octanol–water partition coefficient (Wildman–Crippen LogP) is 5.44. The number of rotatable bonds is 9. The fourth-order valence-corrected chi connectivity index (χ4v) is 5.89. The topological polar surface area (TPSA) is 139 Å². The molecule has 14 heteroatoms. The molecule has 0 unspecified atom stereocenters. The number of anilines is 1. The predicted molar refractivity (Wildman–Crippen MR) is 151 cm³/mol. The summed E-state index contributed by atoms with van der Waals surface area (Å²) in [6, 6.07) is 20.8. The highest BCUT2D eigenvalue weighted by atomic mass is 32.2. The molecule has 0 bridgehead atoms. The van der Waals surface area contributed by atoms with Crippen molar-refractivity contribution in [2.45, 2.75) is 11.4 Å². The van der Waals surface area contributed by atoms with Gasteiger partial charge in [0.25, 0.3) is 5.91 Å². The van der Waals surface area contributed by atoms with Crippen LogP contribution in [0.5, 0.6) is 0 Å². The van der Waals surface area contributed by atoms with Gasteiger partial charge in [-0.3, -0.25) is 14.9 Å². The zero-order chi connectivity index (χ0) is 29.1. The number of hydrogen-bond donors (Lipinski definition) is 0. The Labute approximate surface area is 237 Å². The van der Waals surface area contributed by atoms with Gasteiger partial charge in [0.2, 0.25) is 15.2 Å². The molecule has 1 amide bonds. The normalized spacial score (nSPS) is 11.9. The Morgan fingerprint density at radius 3 is 2.51 bits per heavy atom. The van der Waals surface area contributed by atoms with Crippen LogP contribution in [-0.4, -0.2) is 41.8 Å². The second-order valence-electron chi connectivity index (χ2n) is 8.67. The van der Waals surface area contributed by atoms with Gasteiger partial charge < -0.3 is 4.42 Å². The van der Waals surface area contributed by atoms with Gasteiger partial charge in [0, 0.05) is 19.2 Å². The van der Waals surface area contributed by atoms with Crippen LogP contribution in [0.4, 0.5) is 15.4 Å². The van der Waals surface area contributed by atoms with Crippen molar-refractivity contribution in [1.82, 2.24) is 9.29 Å². The van der Waals surface area contributed by atoms with E-state index in [1.165, 1.54) is 59.9 Å². The summed E-state index contributed by atoms with van der Waals surface area (Å²) < 4.78 is 46.8. The van der Waals surface area contributed by atoms with Crippen molar-refractivity contribution in [1.29, 1.82) is 0 Å². The van der Waals surface area contributed by atoms with Crippen LogP contribution in [0.1, 0.15) is 21.7 Å². The third-order valence-corrected chi connectivity index (χ3v) is 8.67. The van der Waals surface area contributed by atoms with E-state index < -0.39 is 32.6 Å². The lowest BCUT2D eigenvalue weighted by atomic mass is 10.2. The number of carbonyl (C=O) groups is 1. The van der Waals surface area contributed by atoms with Crippen LogP contribution in [0.25, 0.3) is 10.2 Å². The first kappa shape index (κ1) is 27.8. The van der Waals surface area contributed by atoms with Crippen LogP contribution in [0.3, 0.4) is 0 Å². The first-order valence-corrected chi connectivity index (χ1v) is 14.2. The van der Waals surface area contributed by atoms with Crippen molar-refractivity contribution in [2.24, 2.45) is 5.10 Å². The van der Waals surface area contributed by atoms with E-state index >= 15 is 0 Å². The number of aromatic nitrogens is 1. The van der Waals surface area contributed by atoms with Gasteiger partial charge in [-0.15, -0.1) is 0 Å². The zero-order valence-corrected chi connectivity index (χ0v) is 22.9. The summed E-state index contributed by atoms with van der Waals surface area (Å²) in [7, 11) is -2.39. The second kappa shape index (κ2) is 11.4. The Bertz CT molecular complexity index is 1870. The van der Waals surface area contributed by atoms with Crippen LogP contribution in [0, 0.1) is 15.9 Å². The van der Waals surface area contributed by atoms with Gasteiger partial charge >= 0.3 is 5.88 Å². The van der Waals surface area contributed by atoms with Gasteiger partial charge in [0.15, 0.2) is 5.76 Å². The fourth-order valence-electron chi connectivity index (χ4n) is 3.79. The van der Waals surface area contributed by atoms with E-state index in [2.05, 4.69) is 10.1 Å². The van der Waals surface area contributed by atoms with E-state index in [0.717, 1.165) is 34.2 Å². The molecule has 208 valence electrons. The average molecular weight is 594 g/mol. The van der Waals surface area contributed by atoms with E-state index in [1.807, 2.05) is 30.3 Å². The highest BCUT2D eigenvalue weighted by molar-refractivity contribution is 7.89. The Hall–Kier alpha value is -4.79. The van der Waals surface area contributed by atoms with E-state index in [1.54, 1.807) is 0 Å². The summed E-state index contributed by atoms with van der Waals surface area (Å²) in [4.78, 5) is 28.2. The molecule has 0 aliphatic rings. The molecule has 0 saturated carbocycles.